The van der Waals surface area contributed by atoms with Gasteiger partial charge in [-0.05, 0) is 56.0 Å². The zero-order valence-electron chi connectivity index (χ0n) is 15.6. The molecule has 0 aromatic carbocycles. The topological polar surface area (TPSA) is 97.2 Å². The summed E-state index contributed by atoms with van der Waals surface area (Å²) in [5.74, 6) is -0.123. The second-order valence-corrected chi connectivity index (χ2v) is 7.36. The van der Waals surface area contributed by atoms with Crippen LogP contribution in [0.15, 0.2) is 24.4 Å². The van der Waals surface area contributed by atoms with Crippen molar-refractivity contribution < 1.29 is 23.4 Å². The van der Waals surface area contributed by atoms with Crippen LogP contribution in [0, 0.1) is 5.92 Å². The summed E-state index contributed by atoms with van der Waals surface area (Å²) in [6.45, 7) is 5.46. The molecule has 1 atom stereocenters. The molecule has 0 unspecified atom stereocenters. The predicted octanol–water partition coefficient (Wildman–Crippen LogP) is 4.58. The van der Waals surface area contributed by atoms with E-state index >= 15 is 0 Å². The Labute approximate surface area is 166 Å². The van der Waals surface area contributed by atoms with E-state index < -0.39 is 23.8 Å². The smallest absolute Gasteiger partial charge is 0.405 e. The lowest BCUT2D eigenvalue weighted by Crippen LogP contribution is -2.44. The average Bonchev–Trinajstić information content (AvgIpc) is 2.58. The Hall–Kier alpha value is -2.55. The molecule has 0 saturated heterocycles. The van der Waals surface area contributed by atoms with E-state index in [4.69, 9.17) is 21.4 Å². The molecule has 10 heteroatoms. The Kier molecular flexibility index (Phi) is 7.06. The molecule has 2 rings (SSSR count). The zero-order valence-corrected chi connectivity index (χ0v) is 16.4. The van der Waals surface area contributed by atoms with Crippen molar-refractivity contribution in [2.75, 3.05) is 6.61 Å². The number of carboxylic acid groups (broad SMARTS) is 1. The molecule has 152 valence electrons. The molecule has 2 aromatic heterocycles. The maximum absolute atomic E-state index is 13.5. The number of carbonyl (C=O) groups is 1. The van der Waals surface area contributed by atoms with Crippen LogP contribution in [0.2, 0.25) is 5.28 Å². The van der Waals surface area contributed by atoms with Gasteiger partial charge in [0.25, 0.3) is 6.43 Å². The lowest BCUT2D eigenvalue weighted by molar-refractivity contribution is 0.135. The van der Waals surface area contributed by atoms with E-state index in [2.05, 4.69) is 20.3 Å². The van der Waals surface area contributed by atoms with Gasteiger partial charge in [-0.25, -0.2) is 28.5 Å². The number of hydrogen-bond donors (Lipinski definition) is 2. The third kappa shape index (κ3) is 6.26. The minimum absolute atomic E-state index is 0.00960. The number of rotatable bonds is 8. The first-order valence-electron chi connectivity index (χ1n) is 8.49. The number of amides is 1. The monoisotopic (exact) mass is 414 g/mol. The molecule has 2 N–H and O–H groups in total. The number of pyridine rings is 1. The van der Waals surface area contributed by atoms with Crippen LogP contribution in [-0.4, -0.2) is 38.3 Å². The average molecular weight is 415 g/mol. The fraction of sp³-hybridized carbons (Fsp3) is 0.444. The Morgan fingerprint density at radius 2 is 1.96 bits per heavy atom. The third-order valence-electron chi connectivity index (χ3n) is 3.81. The summed E-state index contributed by atoms with van der Waals surface area (Å²) in [4.78, 5) is 22.5. The summed E-state index contributed by atoms with van der Waals surface area (Å²) in [5.41, 5.74) is -0.619. The van der Waals surface area contributed by atoms with Crippen molar-refractivity contribution in [2.45, 2.75) is 39.2 Å². The molecule has 2 aromatic rings. The number of ether oxygens (including phenoxy) is 1. The Bertz CT molecular complexity index is 836. The number of hydrogen-bond acceptors (Lipinski definition) is 5. The van der Waals surface area contributed by atoms with Crippen molar-refractivity contribution in [1.29, 1.82) is 0 Å². The highest BCUT2D eigenvalue weighted by atomic mass is 35.5. The first-order chi connectivity index (χ1) is 13.1. The van der Waals surface area contributed by atoms with Crippen molar-refractivity contribution in [3.63, 3.8) is 0 Å². The highest BCUT2D eigenvalue weighted by Crippen LogP contribution is 2.30. The predicted molar refractivity (Wildman–Crippen MR) is 99.7 cm³/mol. The van der Waals surface area contributed by atoms with Crippen LogP contribution < -0.4 is 10.1 Å². The van der Waals surface area contributed by atoms with Crippen molar-refractivity contribution in [3.8, 4) is 17.1 Å². The van der Waals surface area contributed by atoms with E-state index in [1.807, 2.05) is 6.92 Å². The van der Waals surface area contributed by atoms with Crippen LogP contribution in [0.5, 0.6) is 5.75 Å². The molecule has 0 aliphatic rings. The summed E-state index contributed by atoms with van der Waals surface area (Å²) >= 11 is 5.73. The van der Waals surface area contributed by atoms with Gasteiger partial charge in [0, 0.05) is 11.7 Å². The molecular weight excluding hydrogens is 394 g/mol. The summed E-state index contributed by atoms with van der Waals surface area (Å²) in [5, 5.41) is 11.3. The molecule has 0 aliphatic heterocycles. The summed E-state index contributed by atoms with van der Waals surface area (Å²) in [6.07, 6.45) is -2.09. The summed E-state index contributed by atoms with van der Waals surface area (Å²) in [7, 11) is 0. The maximum Gasteiger partial charge on any atom is 0.405 e. The Balaban J connectivity index is 2.12. The zero-order chi connectivity index (χ0) is 20.9. The van der Waals surface area contributed by atoms with Crippen LogP contribution in [0.3, 0.4) is 0 Å². The summed E-state index contributed by atoms with van der Waals surface area (Å²) < 4.78 is 32.5. The molecule has 0 fully saturated rings. The van der Waals surface area contributed by atoms with E-state index in [1.165, 1.54) is 24.4 Å². The second-order valence-electron chi connectivity index (χ2n) is 7.03. The first-order valence-corrected chi connectivity index (χ1v) is 8.87. The third-order valence-corrected chi connectivity index (χ3v) is 3.99. The van der Waals surface area contributed by atoms with E-state index in [0.29, 0.717) is 12.1 Å². The fourth-order valence-corrected chi connectivity index (χ4v) is 3.01. The van der Waals surface area contributed by atoms with Gasteiger partial charge in [0.2, 0.25) is 5.28 Å². The summed E-state index contributed by atoms with van der Waals surface area (Å²) in [6, 6.07) is 4.44. The van der Waals surface area contributed by atoms with Gasteiger partial charge in [-0.15, -0.1) is 0 Å². The lowest BCUT2D eigenvalue weighted by Gasteiger charge is -2.28. The van der Waals surface area contributed by atoms with Gasteiger partial charge >= 0.3 is 6.09 Å². The Morgan fingerprint density at radius 3 is 2.57 bits per heavy atom. The number of aromatic nitrogens is 3. The number of nitrogens with zero attached hydrogens (tertiary/aromatic N) is 3. The van der Waals surface area contributed by atoms with Gasteiger partial charge in [0.1, 0.15) is 11.4 Å². The molecule has 7 nitrogen and oxygen atoms in total. The van der Waals surface area contributed by atoms with Crippen LogP contribution >= 0.6 is 11.6 Å². The fourth-order valence-electron chi connectivity index (χ4n) is 2.86. The molecule has 0 spiro atoms. The normalized spacial score (nSPS) is 12.7. The van der Waals surface area contributed by atoms with Gasteiger partial charge in [-0.2, -0.15) is 0 Å². The molecule has 2 heterocycles. The maximum atomic E-state index is 13.5. The highest BCUT2D eigenvalue weighted by molar-refractivity contribution is 6.28. The van der Waals surface area contributed by atoms with Crippen LogP contribution in [0.1, 0.15) is 39.3 Å². The van der Waals surface area contributed by atoms with Gasteiger partial charge in [0.05, 0.1) is 18.0 Å². The molecule has 28 heavy (non-hydrogen) atoms. The van der Waals surface area contributed by atoms with Gasteiger partial charge in [-0.1, -0.05) is 6.92 Å². The van der Waals surface area contributed by atoms with Crippen LogP contribution in [0.25, 0.3) is 11.4 Å². The van der Waals surface area contributed by atoms with E-state index in [0.717, 1.165) is 0 Å². The van der Waals surface area contributed by atoms with E-state index in [9.17, 15) is 13.6 Å². The van der Waals surface area contributed by atoms with Crippen molar-refractivity contribution >= 4 is 17.7 Å². The molecule has 1 amide bonds. The van der Waals surface area contributed by atoms with Gasteiger partial charge in [-0.3, -0.25) is 0 Å². The number of halogens is 3. The lowest BCUT2D eigenvalue weighted by atomic mass is 9.92. The van der Waals surface area contributed by atoms with Crippen molar-refractivity contribution in [2.24, 2.45) is 5.92 Å². The molecule has 0 aliphatic carbocycles. The standard InChI is InChI=1S/C18H21ClF2N4O3/c1-10(8-18(2,3)25-17(26)27)9-28-13-5-4-11(23-14(13)15(20)21)12-6-7-22-16(19)24-12/h4-7,10,15,25H,8-9H2,1-3H3,(H,26,27)/t10-/m0/s1. The number of alkyl halides is 2. The van der Waals surface area contributed by atoms with Crippen LogP contribution in [0.4, 0.5) is 13.6 Å². The minimum Gasteiger partial charge on any atom is -0.491 e. The van der Waals surface area contributed by atoms with Gasteiger partial charge < -0.3 is 15.2 Å². The second kappa shape index (κ2) is 9.09. The van der Waals surface area contributed by atoms with E-state index in [-0.39, 0.29) is 29.3 Å². The van der Waals surface area contributed by atoms with Crippen molar-refractivity contribution in [3.05, 3.63) is 35.4 Å². The Morgan fingerprint density at radius 1 is 1.29 bits per heavy atom. The highest BCUT2D eigenvalue weighted by Gasteiger charge is 2.24. The largest absolute Gasteiger partial charge is 0.491 e. The first kappa shape index (κ1) is 21.7. The minimum atomic E-state index is -2.84. The quantitative estimate of drug-likeness (QED) is 0.613. The number of nitrogens with one attached hydrogen (secondary N) is 1. The molecule has 0 bridgehead atoms. The van der Waals surface area contributed by atoms with Gasteiger partial charge in [0.15, 0.2) is 0 Å². The molecule has 0 saturated carbocycles. The van der Waals surface area contributed by atoms with Crippen molar-refractivity contribution in [1.82, 2.24) is 20.3 Å². The molecular formula is C18H21ClF2N4O3. The van der Waals surface area contributed by atoms with Crippen LogP contribution in [-0.2, 0) is 0 Å². The SMILES string of the molecule is C[C@H](COc1ccc(-c2ccnc(Cl)n2)nc1C(F)F)CC(C)(C)NC(=O)O. The molecule has 0 radical (unpaired) electrons. The van der Waals surface area contributed by atoms with E-state index in [1.54, 1.807) is 13.8 Å².